The number of rotatable bonds is 2. The van der Waals surface area contributed by atoms with Crippen LogP contribution in [-0.2, 0) is 0 Å². The maximum absolute atomic E-state index is 5.74. The van der Waals surface area contributed by atoms with E-state index in [2.05, 4.69) is 28.9 Å². The lowest BCUT2D eigenvalue weighted by Crippen LogP contribution is -2.28. The first kappa shape index (κ1) is 11.1. The van der Waals surface area contributed by atoms with Gasteiger partial charge in [0.2, 0.25) is 0 Å². The summed E-state index contributed by atoms with van der Waals surface area (Å²) in [6.45, 7) is 6.58. The highest BCUT2D eigenvalue weighted by Crippen LogP contribution is 2.28. The Morgan fingerprint density at radius 3 is 2.69 bits per heavy atom. The lowest BCUT2D eigenvalue weighted by atomic mass is 10.0. The second-order valence-electron chi connectivity index (χ2n) is 4.68. The van der Waals surface area contributed by atoms with Crippen LogP contribution in [0.4, 0.5) is 11.5 Å². The van der Waals surface area contributed by atoms with Crippen LogP contribution in [0.3, 0.4) is 0 Å². The Morgan fingerprint density at radius 1 is 1.38 bits per heavy atom. The largest absolute Gasteiger partial charge is 0.396 e. The molecule has 2 heterocycles. The number of hydrogen-bond acceptors (Lipinski definition) is 5. The van der Waals surface area contributed by atoms with E-state index in [1.165, 1.54) is 0 Å². The van der Waals surface area contributed by atoms with Gasteiger partial charge in [-0.1, -0.05) is 0 Å². The normalized spacial score (nSPS) is 21.8. The van der Waals surface area contributed by atoms with E-state index in [1.807, 2.05) is 6.07 Å². The van der Waals surface area contributed by atoms with Gasteiger partial charge in [-0.3, -0.25) is 0 Å². The zero-order valence-electron chi connectivity index (χ0n) is 9.85. The highest BCUT2D eigenvalue weighted by molar-refractivity contribution is 5.57. The van der Waals surface area contributed by atoms with Gasteiger partial charge in [-0.05, 0) is 32.9 Å². The van der Waals surface area contributed by atoms with Crippen molar-refractivity contribution in [1.82, 2.24) is 15.1 Å². The molecule has 1 aliphatic heterocycles. The molecule has 1 atom stereocenters. The van der Waals surface area contributed by atoms with Gasteiger partial charge < -0.3 is 16.4 Å². The summed E-state index contributed by atoms with van der Waals surface area (Å²) in [4.78, 5) is 2.44. The summed E-state index contributed by atoms with van der Waals surface area (Å²) in [6.07, 6.45) is 1.12. The molecule has 2 rings (SSSR count). The first-order valence-corrected chi connectivity index (χ1v) is 5.70. The van der Waals surface area contributed by atoms with Gasteiger partial charge in [0.25, 0.3) is 0 Å². The van der Waals surface area contributed by atoms with Crippen molar-refractivity contribution in [1.29, 1.82) is 0 Å². The molecule has 1 aromatic heterocycles. The van der Waals surface area contributed by atoms with E-state index < -0.39 is 0 Å². The SMILES string of the molecule is CC(C)N1CCC(c2cc(N)c(N)nn2)C1. The monoisotopic (exact) mass is 221 g/mol. The minimum atomic E-state index is 0.322. The standard InChI is InChI=1S/C11H19N5/c1-7(2)16-4-3-8(6-16)10-5-9(12)11(13)15-14-10/h5,7-8H,3-4,6H2,1-2H3,(H2,12,14)(H2,13,15). The predicted molar refractivity (Wildman–Crippen MR) is 64.9 cm³/mol. The van der Waals surface area contributed by atoms with Gasteiger partial charge in [-0.2, -0.15) is 5.10 Å². The number of nitrogens with two attached hydrogens (primary N) is 2. The Balaban J connectivity index is 2.11. The highest BCUT2D eigenvalue weighted by Gasteiger charge is 2.26. The van der Waals surface area contributed by atoms with Gasteiger partial charge in [0.1, 0.15) is 0 Å². The molecule has 4 N–H and O–H groups in total. The second kappa shape index (κ2) is 4.25. The van der Waals surface area contributed by atoms with Crippen LogP contribution in [0, 0.1) is 0 Å². The van der Waals surface area contributed by atoms with Crippen molar-refractivity contribution in [2.24, 2.45) is 0 Å². The number of nitrogen functional groups attached to an aromatic ring is 2. The molecule has 0 radical (unpaired) electrons. The molecule has 1 unspecified atom stereocenters. The van der Waals surface area contributed by atoms with E-state index in [9.17, 15) is 0 Å². The number of anilines is 2. The van der Waals surface area contributed by atoms with E-state index >= 15 is 0 Å². The molecule has 0 spiro atoms. The van der Waals surface area contributed by atoms with Crippen molar-refractivity contribution in [3.8, 4) is 0 Å². The molecule has 1 saturated heterocycles. The van der Waals surface area contributed by atoms with Crippen molar-refractivity contribution in [3.05, 3.63) is 11.8 Å². The first-order chi connectivity index (χ1) is 7.58. The van der Waals surface area contributed by atoms with Crippen LogP contribution < -0.4 is 11.5 Å². The van der Waals surface area contributed by atoms with Crippen LogP contribution in [0.2, 0.25) is 0 Å². The van der Waals surface area contributed by atoms with Gasteiger partial charge >= 0.3 is 0 Å². The van der Waals surface area contributed by atoms with Gasteiger partial charge in [0.05, 0.1) is 11.4 Å². The van der Waals surface area contributed by atoms with E-state index in [4.69, 9.17) is 11.5 Å². The van der Waals surface area contributed by atoms with Gasteiger partial charge in [0, 0.05) is 18.5 Å². The predicted octanol–water partition coefficient (Wildman–Crippen LogP) is 0.839. The molecule has 0 bridgehead atoms. The van der Waals surface area contributed by atoms with Crippen LogP contribution in [0.1, 0.15) is 31.9 Å². The maximum atomic E-state index is 5.74. The van der Waals surface area contributed by atoms with Crippen molar-refractivity contribution in [2.75, 3.05) is 24.6 Å². The fourth-order valence-corrected chi connectivity index (χ4v) is 2.13. The van der Waals surface area contributed by atoms with E-state index in [0.717, 1.165) is 25.2 Å². The summed E-state index contributed by atoms with van der Waals surface area (Å²) >= 11 is 0. The molecular formula is C11H19N5. The Morgan fingerprint density at radius 2 is 2.12 bits per heavy atom. The third-order valence-electron chi connectivity index (χ3n) is 3.24. The molecule has 16 heavy (non-hydrogen) atoms. The minimum Gasteiger partial charge on any atom is -0.396 e. The quantitative estimate of drug-likeness (QED) is 0.773. The van der Waals surface area contributed by atoms with Gasteiger partial charge in [-0.25, -0.2) is 0 Å². The molecule has 1 aromatic rings. The first-order valence-electron chi connectivity index (χ1n) is 5.70. The van der Waals surface area contributed by atoms with Crippen LogP contribution in [-0.4, -0.2) is 34.2 Å². The third kappa shape index (κ3) is 2.09. The summed E-state index contributed by atoms with van der Waals surface area (Å²) in [5, 5.41) is 8.01. The average molecular weight is 221 g/mol. The van der Waals surface area contributed by atoms with Crippen LogP contribution in [0.15, 0.2) is 6.07 Å². The van der Waals surface area contributed by atoms with Crippen molar-refractivity contribution < 1.29 is 0 Å². The molecule has 5 heteroatoms. The maximum Gasteiger partial charge on any atom is 0.169 e. The lowest BCUT2D eigenvalue weighted by Gasteiger charge is -2.20. The van der Waals surface area contributed by atoms with Crippen LogP contribution in [0.5, 0.6) is 0 Å². The number of hydrogen-bond donors (Lipinski definition) is 2. The highest BCUT2D eigenvalue weighted by atomic mass is 15.2. The third-order valence-corrected chi connectivity index (χ3v) is 3.24. The number of likely N-dealkylation sites (tertiary alicyclic amines) is 1. The minimum absolute atomic E-state index is 0.322. The zero-order chi connectivity index (χ0) is 11.7. The van der Waals surface area contributed by atoms with Crippen molar-refractivity contribution in [3.63, 3.8) is 0 Å². The smallest absolute Gasteiger partial charge is 0.169 e. The summed E-state index contributed by atoms with van der Waals surface area (Å²) < 4.78 is 0. The molecule has 5 nitrogen and oxygen atoms in total. The molecule has 0 aromatic carbocycles. The molecule has 0 amide bonds. The zero-order valence-corrected chi connectivity index (χ0v) is 9.85. The molecule has 1 fully saturated rings. The average Bonchev–Trinajstić information content (AvgIpc) is 2.71. The van der Waals surface area contributed by atoms with Crippen LogP contribution >= 0.6 is 0 Å². The van der Waals surface area contributed by atoms with E-state index in [0.29, 0.717) is 23.5 Å². The van der Waals surface area contributed by atoms with Gasteiger partial charge in [0.15, 0.2) is 5.82 Å². The fourth-order valence-electron chi connectivity index (χ4n) is 2.13. The summed E-state index contributed by atoms with van der Waals surface area (Å²) in [6, 6.07) is 2.45. The van der Waals surface area contributed by atoms with E-state index in [1.54, 1.807) is 0 Å². The fraction of sp³-hybridized carbons (Fsp3) is 0.636. The molecular weight excluding hydrogens is 202 g/mol. The summed E-state index contributed by atoms with van der Waals surface area (Å²) in [7, 11) is 0. The Hall–Kier alpha value is -1.36. The summed E-state index contributed by atoms with van der Waals surface area (Å²) in [5.74, 6) is 0.764. The molecule has 0 saturated carbocycles. The van der Waals surface area contributed by atoms with E-state index in [-0.39, 0.29) is 0 Å². The number of aromatic nitrogens is 2. The molecule has 0 aliphatic carbocycles. The number of nitrogens with zero attached hydrogens (tertiary/aromatic N) is 3. The molecule has 1 aliphatic rings. The molecule has 88 valence electrons. The topological polar surface area (TPSA) is 81.1 Å². The Kier molecular flexibility index (Phi) is 2.96. The van der Waals surface area contributed by atoms with Crippen molar-refractivity contribution >= 4 is 11.5 Å². The van der Waals surface area contributed by atoms with Gasteiger partial charge in [-0.15, -0.1) is 5.10 Å². The Labute approximate surface area is 95.8 Å². The Bertz CT molecular complexity index is 377. The second-order valence-corrected chi connectivity index (χ2v) is 4.68. The van der Waals surface area contributed by atoms with Crippen molar-refractivity contribution in [2.45, 2.75) is 32.2 Å². The summed E-state index contributed by atoms with van der Waals surface area (Å²) in [5.41, 5.74) is 12.8. The lowest BCUT2D eigenvalue weighted by molar-refractivity contribution is 0.272. The van der Waals surface area contributed by atoms with Crippen LogP contribution in [0.25, 0.3) is 0 Å².